The van der Waals surface area contributed by atoms with E-state index in [4.69, 9.17) is 14.5 Å². The summed E-state index contributed by atoms with van der Waals surface area (Å²) in [5.41, 5.74) is 5.20. The maximum Gasteiger partial charge on any atom is 0.252 e. The Balaban J connectivity index is 1.48. The second-order valence-electron chi connectivity index (χ2n) is 7.31. The van der Waals surface area contributed by atoms with Crippen molar-refractivity contribution in [3.8, 4) is 22.8 Å². The fraction of sp³-hybridized carbons (Fsp3) is 0.120. The van der Waals surface area contributed by atoms with E-state index in [0.717, 1.165) is 39.0 Å². The van der Waals surface area contributed by atoms with Gasteiger partial charge in [-0.3, -0.25) is 4.79 Å². The summed E-state index contributed by atoms with van der Waals surface area (Å²) in [7, 11) is 0. The quantitative estimate of drug-likeness (QED) is 0.535. The first-order valence-corrected chi connectivity index (χ1v) is 9.81. The predicted octanol–water partition coefficient (Wildman–Crippen LogP) is 4.87. The number of benzene rings is 3. The molecule has 3 aromatic carbocycles. The molecular weight excluding hydrogens is 376 g/mol. The second-order valence-corrected chi connectivity index (χ2v) is 7.31. The summed E-state index contributed by atoms with van der Waals surface area (Å²) in [4.78, 5) is 17.9. The number of aryl methyl sites for hydroxylation is 1. The molecule has 0 fully saturated rings. The number of aromatic nitrogens is 1. The molecule has 0 bridgehead atoms. The molecule has 5 nitrogen and oxygen atoms in total. The number of carbonyl (C=O) groups excluding carboxylic acids is 1. The van der Waals surface area contributed by atoms with Gasteiger partial charge in [0.25, 0.3) is 5.91 Å². The molecule has 1 aliphatic heterocycles. The molecule has 0 atom stereocenters. The van der Waals surface area contributed by atoms with Crippen LogP contribution in [0.15, 0.2) is 72.8 Å². The fourth-order valence-electron chi connectivity index (χ4n) is 3.61. The smallest absolute Gasteiger partial charge is 0.252 e. The van der Waals surface area contributed by atoms with Gasteiger partial charge in [0.15, 0.2) is 11.5 Å². The van der Waals surface area contributed by atoms with Gasteiger partial charge in [0, 0.05) is 17.5 Å². The van der Waals surface area contributed by atoms with Crippen molar-refractivity contribution >= 4 is 16.8 Å². The molecule has 0 saturated carbocycles. The minimum absolute atomic E-state index is 0.136. The Morgan fingerprint density at radius 3 is 2.67 bits per heavy atom. The predicted molar refractivity (Wildman–Crippen MR) is 116 cm³/mol. The monoisotopic (exact) mass is 396 g/mol. The minimum Gasteiger partial charge on any atom is -0.454 e. The van der Waals surface area contributed by atoms with E-state index >= 15 is 0 Å². The molecule has 1 aromatic heterocycles. The van der Waals surface area contributed by atoms with Gasteiger partial charge < -0.3 is 14.8 Å². The molecule has 148 valence electrons. The van der Waals surface area contributed by atoms with Crippen LogP contribution in [0, 0.1) is 6.92 Å². The summed E-state index contributed by atoms with van der Waals surface area (Å²) in [6.07, 6.45) is 0. The Bertz CT molecular complexity index is 1250. The Morgan fingerprint density at radius 1 is 0.967 bits per heavy atom. The van der Waals surface area contributed by atoms with E-state index in [0.29, 0.717) is 17.9 Å². The molecule has 1 N–H and O–H groups in total. The van der Waals surface area contributed by atoms with Crippen LogP contribution in [0.1, 0.15) is 21.5 Å². The molecule has 0 aliphatic carbocycles. The summed E-state index contributed by atoms with van der Waals surface area (Å²) >= 11 is 0. The van der Waals surface area contributed by atoms with Gasteiger partial charge in [-0.25, -0.2) is 4.98 Å². The largest absolute Gasteiger partial charge is 0.454 e. The summed E-state index contributed by atoms with van der Waals surface area (Å²) in [5, 5.41) is 3.88. The molecule has 0 radical (unpaired) electrons. The summed E-state index contributed by atoms with van der Waals surface area (Å²) < 4.78 is 10.8. The molecular formula is C25H20N2O3. The van der Waals surface area contributed by atoms with Crippen LogP contribution in [0.2, 0.25) is 0 Å². The highest BCUT2D eigenvalue weighted by Crippen LogP contribution is 2.32. The number of hydrogen-bond acceptors (Lipinski definition) is 4. The number of amides is 1. The molecule has 0 spiro atoms. The third kappa shape index (κ3) is 3.46. The van der Waals surface area contributed by atoms with E-state index in [9.17, 15) is 4.79 Å². The lowest BCUT2D eigenvalue weighted by Gasteiger charge is -2.12. The van der Waals surface area contributed by atoms with Crippen LogP contribution in [-0.2, 0) is 6.54 Å². The molecule has 4 aromatic rings. The fourth-order valence-corrected chi connectivity index (χ4v) is 3.61. The van der Waals surface area contributed by atoms with Crippen LogP contribution in [0.25, 0.3) is 22.2 Å². The summed E-state index contributed by atoms with van der Waals surface area (Å²) in [6.45, 7) is 2.64. The standard InChI is InChI=1S/C25H20N2O3/c1-16-7-9-21-19(11-16)20(13-22(27-21)18-5-3-2-4-6-18)25(28)26-14-17-8-10-23-24(12-17)30-15-29-23/h2-13H,14-15H2,1H3,(H,26,28). The lowest BCUT2D eigenvalue weighted by Crippen LogP contribution is -2.23. The molecule has 30 heavy (non-hydrogen) atoms. The van der Waals surface area contributed by atoms with Crippen molar-refractivity contribution in [1.82, 2.24) is 10.3 Å². The molecule has 0 unspecified atom stereocenters. The number of carbonyl (C=O) groups is 1. The SMILES string of the molecule is Cc1ccc2nc(-c3ccccc3)cc(C(=O)NCc3ccc4c(c3)OCO4)c2c1. The maximum absolute atomic E-state index is 13.2. The topological polar surface area (TPSA) is 60.5 Å². The highest BCUT2D eigenvalue weighted by molar-refractivity contribution is 6.07. The van der Waals surface area contributed by atoms with Crippen LogP contribution in [0.5, 0.6) is 11.5 Å². The number of fused-ring (bicyclic) bond motifs is 2. The van der Waals surface area contributed by atoms with E-state index in [-0.39, 0.29) is 12.7 Å². The molecule has 5 heteroatoms. The van der Waals surface area contributed by atoms with Gasteiger partial charge in [0.05, 0.1) is 16.8 Å². The van der Waals surface area contributed by atoms with Crippen molar-refractivity contribution in [3.05, 3.63) is 89.5 Å². The lowest BCUT2D eigenvalue weighted by molar-refractivity contribution is 0.0952. The molecule has 5 rings (SSSR count). The van der Waals surface area contributed by atoms with E-state index in [1.165, 1.54) is 0 Å². The highest BCUT2D eigenvalue weighted by Gasteiger charge is 2.16. The zero-order valence-corrected chi connectivity index (χ0v) is 16.5. The number of hydrogen-bond donors (Lipinski definition) is 1. The van der Waals surface area contributed by atoms with Crippen molar-refractivity contribution in [2.45, 2.75) is 13.5 Å². The van der Waals surface area contributed by atoms with Crippen molar-refractivity contribution in [2.24, 2.45) is 0 Å². The maximum atomic E-state index is 13.2. The third-order valence-corrected chi connectivity index (χ3v) is 5.17. The number of pyridine rings is 1. The first-order valence-electron chi connectivity index (χ1n) is 9.81. The second kappa shape index (κ2) is 7.52. The first kappa shape index (κ1) is 18.2. The number of nitrogens with one attached hydrogen (secondary N) is 1. The van der Waals surface area contributed by atoms with E-state index in [1.807, 2.05) is 79.7 Å². The summed E-state index contributed by atoms with van der Waals surface area (Å²) in [6, 6.07) is 23.4. The van der Waals surface area contributed by atoms with Crippen LogP contribution in [-0.4, -0.2) is 17.7 Å². The van der Waals surface area contributed by atoms with Gasteiger partial charge in [-0.05, 0) is 42.8 Å². The Labute approximate surface area is 174 Å². The van der Waals surface area contributed by atoms with Crippen molar-refractivity contribution in [3.63, 3.8) is 0 Å². The molecule has 2 heterocycles. The molecule has 1 amide bonds. The minimum atomic E-state index is -0.136. The van der Waals surface area contributed by atoms with Crippen LogP contribution in [0.4, 0.5) is 0 Å². The van der Waals surface area contributed by atoms with Crippen molar-refractivity contribution < 1.29 is 14.3 Å². The van der Waals surface area contributed by atoms with E-state index < -0.39 is 0 Å². The van der Waals surface area contributed by atoms with Crippen LogP contribution >= 0.6 is 0 Å². The normalized spacial score (nSPS) is 12.2. The number of nitrogens with zero attached hydrogens (tertiary/aromatic N) is 1. The van der Waals surface area contributed by atoms with E-state index in [1.54, 1.807) is 0 Å². The van der Waals surface area contributed by atoms with Gasteiger partial charge in [-0.1, -0.05) is 48.0 Å². The van der Waals surface area contributed by atoms with Crippen molar-refractivity contribution in [2.75, 3.05) is 6.79 Å². The lowest BCUT2D eigenvalue weighted by atomic mass is 10.0. The van der Waals surface area contributed by atoms with Gasteiger partial charge in [0.2, 0.25) is 6.79 Å². The number of rotatable bonds is 4. The average Bonchev–Trinajstić information content (AvgIpc) is 3.25. The average molecular weight is 396 g/mol. The third-order valence-electron chi connectivity index (χ3n) is 5.17. The first-order chi connectivity index (χ1) is 14.7. The Hall–Kier alpha value is -3.86. The zero-order chi connectivity index (χ0) is 20.5. The molecule has 0 saturated heterocycles. The van der Waals surface area contributed by atoms with Crippen molar-refractivity contribution in [1.29, 1.82) is 0 Å². The Morgan fingerprint density at radius 2 is 1.80 bits per heavy atom. The Kier molecular flexibility index (Phi) is 4.56. The van der Waals surface area contributed by atoms with E-state index in [2.05, 4.69) is 5.32 Å². The van der Waals surface area contributed by atoms with Gasteiger partial charge in [-0.2, -0.15) is 0 Å². The van der Waals surface area contributed by atoms with Gasteiger partial charge >= 0.3 is 0 Å². The number of ether oxygens (including phenoxy) is 2. The zero-order valence-electron chi connectivity index (χ0n) is 16.5. The summed E-state index contributed by atoms with van der Waals surface area (Å²) in [5.74, 6) is 1.30. The van der Waals surface area contributed by atoms with Crippen LogP contribution < -0.4 is 14.8 Å². The van der Waals surface area contributed by atoms with Gasteiger partial charge in [-0.15, -0.1) is 0 Å². The molecule has 1 aliphatic rings. The van der Waals surface area contributed by atoms with Gasteiger partial charge in [0.1, 0.15) is 0 Å². The van der Waals surface area contributed by atoms with Crippen LogP contribution in [0.3, 0.4) is 0 Å². The highest BCUT2D eigenvalue weighted by atomic mass is 16.7.